The summed E-state index contributed by atoms with van der Waals surface area (Å²) in [6.45, 7) is 6.50. The van der Waals surface area contributed by atoms with Crippen LogP contribution in [0.15, 0.2) is 24.3 Å². The molecule has 0 aliphatic carbocycles. The van der Waals surface area contributed by atoms with Crippen molar-refractivity contribution in [3.05, 3.63) is 52.3 Å². The minimum absolute atomic E-state index is 0.293. The zero-order valence-corrected chi connectivity index (χ0v) is 14.0. The maximum Gasteiger partial charge on any atom is 0.347 e. The van der Waals surface area contributed by atoms with Gasteiger partial charge in [-0.1, -0.05) is 29.8 Å². The Morgan fingerprint density at radius 3 is 2.62 bits per heavy atom. The van der Waals surface area contributed by atoms with Crippen LogP contribution >= 0.6 is 0 Å². The molecule has 0 radical (unpaired) electrons. The van der Waals surface area contributed by atoms with E-state index in [1.165, 1.54) is 5.56 Å². The highest BCUT2D eigenvalue weighted by atomic mass is 16.6. The van der Waals surface area contributed by atoms with Gasteiger partial charge in [0.05, 0.1) is 24.5 Å². The molecule has 1 aromatic heterocycles. The molecule has 0 spiro atoms. The molecule has 126 valence electrons. The fraction of sp³-hybridized carbons (Fsp3) is 0.389. The molecule has 0 amide bonds. The van der Waals surface area contributed by atoms with E-state index in [1.54, 1.807) is 11.6 Å². The summed E-state index contributed by atoms with van der Waals surface area (Å²) < 4.78 is 11.9. The van der Waals surface area contributed by atoms with Gasteiger partial charge in [-0.25, -0.2) is 9.59 Å². The van der Waals surface area contributed by atoms with Gasteiger partial charge in [0.1, 0.15) is 5.56 Å². The standard InChI is InChI=1S/C18H20N2O4/c1-11-4-6-14(7-5-11)10-20-13(3)16(12(2)19-20)18(22)24-15-8-9-23-17(15)21/h4-7,15H,8-10H2,1-3H3/t15-/m0/s1. The largest absolute Gasteiger partial charge is 0.463 e. The highest BCUT2D eigenvalue weighted by molar-refractivity contribution is 5.93. The molecule has 6 nitrogen and oxygen atoms in total. The fourth-order valence-corrected chi connectivity index (χ4v) is 2.79. The first-order valence-electron chi connectivity index (χ1n) is 7.93. The summed E-state index contributed by atoms with van der Waals surface area (Å²) in [4.78, 5) is 23.9. The second-order valence-corrected chi connectivity index (χ2v) is 6.04. The van der Waals surface area contributed by atoms with E-state index in [4.69, 9.17) is 9.47 Å². The van der Waals surface area contributed by atoms with Crippen LogP contribution in [0.5, 0.6) is 0 Å². The summed E-state index contributed by atoms with van der Waals surface area (Å²) in [5.74, 6) is -1.00. The van der Waals surface area contributed by atoms with Gasteiger partial charge in [0.15, 0.2) is 0 Å². The number of nitrogens with zero attached hydrogens (tertiary/aromatic N) is 2. The third-order valence-electron chi connectivity index (χ3n) is 4.18. The number of hydrogen-bond donors (Lipinski definition) is 0. The first kappa shape index (κ1) is 16.2. The Morgan fingerprint density at radius 2 is 2.00 bits per heavy atom. The van der Waals surface area contributed by atoms with Crippen molar-refractivity contribution in [2.75, 3.05) is 6.61 Å². The van der Waals surface area contributed by atoms with Crippen molar-refractivity contribution in [3.63, 3.8) is 0 Å². The topological polar surface area (TPSA) is 70.4 Å². The van der Waals surface area contributed by atoms with E-state index in [9.17, 15) is 9.59 Å². The smallest absolute Gasteiger partial charge is 0.347 e. The molecule has 2 heterocycles. The molecule has 1 aromatic carbocycles. The lowest BCUT2D eigenvalue weighted by molar-refractivity contribution is -0.145. The van der Waals surface area contributed by atoms with E-state index in [1.807, 2.05) is 38.1 Å². The summed E-state index contributed by atoms with van der Waals surface area (Å²) >= 11 is 0. The molecule has 3 rings (SSSR count). The molecule has 1 aliphatic heterocycles. The van der Waals surface area contributed by atoms with Gasteiger partial charge in [-0.15, -0.1) is 0 Å². The van der Waals surface area contributed by atoms with Crippen LogP contribution in [-0.2, 0) is 20.8 Å². The normalized spacial score (nSPS) is 17.0. The molecule has 1 saturated heterocycles. The van der Waals surface area contributed by atoms with E-state index in [0.29, 0.717) is 30.8 Å². The minimum Gasteiger partial charge on any atom is -0.463 e. The predicted octanol–water partition coefficient (Wildman–Crippen LogP) is 2.33. The van der Waals surface area contributed by atoms with Crippen LogP contribution in [-0.4, -0.2) is 34.4 Å². The Kier molecular flexibility index (Phi) is 4.38. The van der Waals surface area contributed by atoms with Crippen molar-refractivity contribution in [2.45, 2.75) is 39.8 Å². The molecule has 0 saturated carbocycles. The number of hydrogen-bond acceptors (Lipinski definition) is 5. The Morgan fingerprint density at radius 1 is 1.29 bits per heavy atom. The lowest BCUT2D eigenvalue weighted by atomic mass is 10.1. The number of aryl methyl sites for hydroxylation is 2. The van der Waals surface area contributed by atoms with Gasteiger partial charge < -0.3 is 9.47 Å². The Balaban J connectivity index is 1.79. The zero-order valence-electron chi connectivity index (χ0n) is 14.0. The zero-order chi connectivity index (χ0) is 17.3. The Labute approximate surface area is 140 Å². The van der Waals surface area contributed by atoms with Crippen LogP contribution in [0.2, 0.25) is 0 Å². The lowest BCUT2D eigenvalue weighted by Crippen LogP contribution is -2.23. The van der Waals surface area contributed by atoms with E-state index in [2.05, 4.69) is 5.10 Å². The molecule has 1 atom stereocenters. The summed E-state index contributed by atoms with van der Waals surface area (Å²) in [6.07, 6.45) is -0.406. The SMILES string of the molecule is Cc1ccc(Cn2nc(C)c(C(=O)O[C@H]3CCOC3=O)c2C)cc1. The average Bonchev–Trinajstić information content (AvgIpc) is 3.05. The third-order valence-corrected chi connectivity index (χ3v) is 4.18. The molecular weight excluding hydrogens is 308 g/mol. The number of carbonyl (C=O) groups is 2. The molecule has 1 fully saturated rings. The second kappa shape index (κ2) is 6.47. The molecule has 0 bridgehead atoms. The third kappa shape index (κ3) is 3.18. The summed E-state index contributed by atoms with van der Waals surface area (Å²) in [6, 6.07) is 8.17. The number of cyclic esters (lactones) is 1. The summed E-state index contributed by atoms with van der Waals surface area (Å²) in [5.41, 5.74) is 4.03. The van der Waals surface area contributed by atoms with Gasteiger partial charge in [0.25, 0.3) is 0 Å². The minimum atomic E-state index is -0.809. The van der Waals surface area contributed by atoms with Crippen LogP contribution in [0.1, 0.15) is 39.3 Å². The lowest BCUT2D eigenvalue weighted by Gasteiger charge is -2.09. The van der Waals surface area contributed by atoms with Gasteiger partial charge in [0, 0.05) is 6.42 Å². The van der Waals surface area contributed by atoms with Crippen LogP contribution in [0, 0.1) is 20.8 Å². The quantitative estimate of drug-likeness (QED) is 0.806. The number of esters is 2. The Bertz CT molecular complexity index is 777. The van der Waals surface area contributed by atoms with Gasteiger partial charge in [0.2, 0.25) is 6.10 Å². The van der Waals surface area contributed by atoms with Gasteiger partial charge in [-0.3, -0.25) is 4.68 Å². The summed E-state index contributed by atoms with van der Waals surface area (Å²) in [5, 5.41) is 4.44. The first-order chi connectivity index (χ1) is 11.5. The molecular formula is C18H20N2O4. The maximum absolute atomic E-state index is 12.4. The highest BCUT2D eigenvalue weighted by Gasteiger charge is 2.32. The number of ether oxygens (including phenoxy) is 2. The van der Waals surface area contributed by atoms with Crippen molar-refractivity contribution >= 4 is 11.9 Å². The highest BCUT2D eigenvalue weighted by Crippen LogP contribution is 2.19. The van der Waals surface area contributed by atoms with Crippen molar-refractivity contribution in [2.24, 2.45) is 0 Å². The van der Waals surface area contributed by atoms with E-state index in [0.717, 1.165) is 11.3 Å². The molecule has 0 unspecified atom stereocenters. The number of rotatable bonds is 4. The van der Waals surface area contributed by atoms with Gasteiger partial charge in [-0.05, 0) is 26.3 Å². The van der Waals surface area contributed by atoms with Crippen molar-refractivity contribution in [3.8, 4) is 0 Å². The van der Waals surface area contributed by atoms with E-state index >= 15 is 0 Å². The van der Waals surface area contributed by atoms with Gasteiger partial charge in [-0.2, -0.15) is 5.10 Å². The number of aromatic nitrogens is 2. The first-order valence-corrected chi connectivity index (χ1v) is 7.93. The second-order valence-electron chi connectivity index (χ2n) is 6.04. The van der Waals surface area contributed by atoms with E-state index in [-0.39, 0.29) is 0 Å². The molecule has 0 N–H and O–H groups in total. The fourth-order valence-electron chi connectivity index (χ4n) is 2.79. The van der Waals surface area contributed by atoms with Crippen LogP contribution in [0.4, 0.5) is 0 Å². The maximum atomic E-state index is 12.4. The molecule has 6 heteroatoms. The monoisotopic (exact) mass is 328 g/mol. The number of benzene rings is 1. The summed E-state index contributed by atoms with van der Waals surface area (Å²) in [7, 11) is 0. The molecule has 24 heavy (non-hydrogen) atoms. The molecule has 1 aliphatic rings. The van der Waals surface area contributed by atoms with Crippen LogP contribution in [0.3, 0.4) is 0 Å². The van der Waals surface area contributed by atoms with Crippen molar-refractivity contribution < 1.29 is 19.1 Å². The predicted molar refractivity (Wildman–Crippen MR) is 86.8 cm³/mol. The Hall–Kier alpha value is -2.63. The average molecular weight is 328 g/mol. The number of carbonyl (C=O) groups excluding carboxylic acids is 2. The van der Waals surface area contributed by atoms with Crippen LogP contribution in [0.25, 0.3) is 0 Å². The van der Waals surface area contributed by atoms with E-state index < -0.39 is 18.0 Å². The van der Waals surface area contributed by atoms with Crippen molar-refractivity contribution in [1.29, 1.82) is 0 Å². The van der Waals surface area contributed by atoms with Crippen LogP contribution < -0.4 is 0 Å². The van der Waals surface area contributed by atoms with Gasteiger partial charge >= 0.3 is 11.9 Å². The molecule has 2 aromatic rings. The van der Waals surface area contributed by atoms with Crippen molar-refractivity contribution in [1.82, 2.24) is 9.78 Å².